The molecule has 0 aliphatic rings. The maximum Gasteiger partial charge on any atom is 0.127 e. The highest BCUT2D eigenvalue weighted by molar-refractivity contribution is 5.96. The SMILES string of the molecule is c1ccc(-c2cc(-c3ccccc3)c(-c3ccc(Oc4ccc(-c5c(-c6ccccc6)cc(-c6ccccc6)nc5-c5ccccc5)cc4)cc3)c(-c3ccccc3)n2)cc1. The van der Waals surface area contributed by atoms with E-state index in [2.05, 4.69) is 194 Å². The molecule has 0 atom stereocenters. The summed E-state index contributed by atoms with van der Waals surface area (Å²) in [6.45, 7) is 0. The molecule has 2 heterocycles. The number of hydrogen-bond donors (Lipinski definition) is 0. The molecule has 288 valence electrons. The fourth-order valence-electron chi connectivity index (χ4n) is 8.00. The predicted octanol–water partition coefficient (Wildman–Crippen LogP) is 15.6. The van der Waals surface area contributed by atoms with Gasteiger partial charge in [0.1, 0.15) is 11.5 Å². The number of ether oxygens (including phenoxy) is 1. The number of benzene rings is 8. The molecule has 0 N–H and O–H groups in total. The Balaban J connectivity index is 1.02. The zero-order valence-corrected chi connectivity index (χ0v) is 33.4. The normalized spacial score (nSPS) is 11.0. The third-order valence-electron chi connectivity index (χ3n) is 11.0. The van der Waals surface area contributed by atoms with Crippen LogP contribution < -0.4 is 4.74 Å². The summed E-state index contributed by atoms with van der Waals surface area (Å²) in [6, 6.07) is 84.0. The molecule has 61 heavy (non-hydrogen) atoms. The van der Waals surface area contributed by atoms with E-state index in [1.807, 2.05) is 48.5 Å². The van der Waals surface area contributed by atoms with Crippen molar-refractivity contribution in [3.63, 3.8) is 0 Å². The highest BCUT2D eigenvalue weighted by Gasteiger charge is 2.21. The first-order valence-electron chi connectivity index (χ1n) is 20.6. The van der Waals surface area contributed by atoms with Crippen LogP contribution in [0.3, 0.4) is 0 Å². The molecule has 0 bridgehead atoms. The summed E-state index contributed by atoms with van der Waals surface area (Å²) in [6.07, 6.45) is 0. The Morgan fingerprint density at radius 2 is 0.525 bits per heavy atom. The van der Waals surface area contributed by atoms with E-state index < -0.39 is 0 Å². The summed E-state index contributed by atoms with van der Waals surface area (Å²) in [5.41, 5.74) is 16.7. The minimum absolute atomic E-state index is 0.747. The molecular weight excluding hydrogens is 741 g/mol. The third kappa shape index (κ3) is 7.89. The zero-order chi connectivity index (χ0) is 40.8. The summed E-state index contributed by atoms with van der Waals surface area (Å²) in [5.74, 6) is 1.49. The predicted molar refractivity (Wildman–Crippen MR) is 252 cm³/mol. The van der Waals surface area contributed by atoms with Gasteiger partial charge in [0.25, 0.3) is 0 Å². The van der Waals surface area contributed by atoms with Crippen LogP contribution in [0.1, 0.15) is 0 Å². The molecule has 0 saturated carbocycles. The number of hydrogen-bond acceptors (Lipinski definition) is 3. The molecule has 0 fully saturated rings. The van der Waals surface area contributed by atoms with Crippen LogP contribution >= 0.6 is 0 Å². The van der Waals surface area contributed by atoms with Crippen molar-refractivity contribution < 1.29 is 4.74 Å². The molecule has 0 radical (unpaired) electrons. The molecule has 0 spiro atoms. The number of pyridine rings is 2. The van der Waals surface area contributed by atoms with Gasteiger partial charge in [0.05, 0.1) is 22.8 Å². The minimum atomic E-state index is 0.747. The van der Waals surface area contributed by atoms with Gasteiger partial charge in [-0.25, -0.2) is 9.97 Å². The van der Waals surface area contributed by atoms with Crippen LogP contribution in [0.2, 0.25) is 0 Å². The monoisotopic (exact) mass is 780 g/mol. The van der Waals surface area contributed by atoms with Crippen molar-refractivity contribution >= 4 is 0 Å². The Hall–Kier alpha value is -8.14. The Morgan fingerprint density at radius 1 is 0.246 bits per heavy atom. The van der Waals surface area contributed by atoms with Gasteiger partial charge in [0, 0.05) is 33.4 Å². The van der Waals surface area contributed by atoms with Crippen molar-refractivity contribution in [2.45, 2.75) is 0 Å². The Kier molecular flexibility index (Phi) is 10.3. The lowest BCUT2D eigenvalue weighted by Gasteiger charge is -2.19. The molecular formula is C58H40N2O. The maximum atomic E-state index is 6.54. The molecule has 0 unspecified atom stereocenters. The van der Waals surface area contributed by atoms with Crippen molar-refractivity contribution in [3.05, 3.63) is 243 Å². The van der Waals surface area contributed by atoms with Gasteiger partial charge in [-0.15, -0.1) is 0 Å². The average molecular weight is 781 g/mol. The molecule has 0 saturated heterocycles. The molecule has 2 aromatic heterocycles. The van der Waals surface area contributed by atoms with Crippen molar-refractivity contribution in [2.24, 2.45) is 0 Å². The third-order valence-corrected chi connectivity index (χ3v) is 11.0. The standard InChI is InChI=1S/C58H40N2O/c1-7-19-41(20-8-1)51-39-53(43-23-11-3-12-24-43)59-57(47-27-15-5-16-28-47)55(51)45-31-35-49(36-32-45)61-50-37-33-46(34-38-50)56-52(42-21-9-2-10-22-42)40-54(44-25-13-4-14-26-44)60-58(56)48-29-17-6-18-30-48/h1-40H. The Bertz CT molecular complexity index is 2700. The second-order valence-corrected chi connectivity index (χ2v) is 14.9. The Morgan fingerprint density at radius 3 is 0.836 bits per heavy atom. The van der Waals surface area contributed by atoms with Gasteiger partial charge >= 0.3 is 0 Å². The van der Waals surface area contributed by atoms with E-state index in [0.717, 1.165) is 101 Å². The van der Waals surface area contributed by atoms with Gasteiger partial charge in [0.2, 0.25) is 0 Å². The lowest BCUT2D eigenvalue weighted by molar-refractivity contribution is 0.483. The molecule has 8 aromatic carbocycles. The van der Waals surface area contributed by atoms with Crippen molar-refractivity contribution in [2.75, 3.05) is 0 Å². The quantitative estimate of drug-likeness (QED) is 0.139. The average Bonchev–Trinajstić information content (AvgIpc) is 3.35. The summed E-state index contributed by atoms with van der Waals surface area (Å²) in [7, 11) is 0. The van der Waals surface area contributed by atoms with Crippen molar-refractivity contribution in [1.29, 1.82) is 0 Å². The highest BCUT2D eigenvalue weighted by atomic mass is 16.5. The first-order chi connectivity index (χ1) is 30.2. The molecule has 10 aromatic rings. The maximum absolute atomic E-state index is 6.54. The molecule has 0 amide bonds. The lowest BCUT2D eigenvalue weighted by atomic mass is 9.89. The second-order valence-electron chi connectivity index (χ2n) is 14.9. The summed E-state index contributed by atoms with van der Waals surface area (Å²) < 4.78 is 6.54. The first kappa shape index (κ1) is 37.2. The van der Waals surface area contributed by atoms with Gasteiger partial charge in [-0.1, -0.05) is 206 Å². The molecule has 0 aliphatic carbocycles. The fraction of sp³-hybridized carbons (Fsp3) is 0. The van der Waals surface area contributed by atoms with E-state index in [4.69, 9.17) is 14.7 Å². The van der Waals surface area contributed by atoms with Crippen LogP contribution in [0.15, 0.2) is 243 Å². The largest absolute Gasteiger partial charge is 0.457 e. The number of nitrogens with zero attached hydrogens (tertiary/aromatic N) is 2. The molecule has 0 aliphatic heterocycles. The summed E-state index contributed by atoms with van der Waals surface area (Å²) in [5, 5.41) is 0. The highest BCUT2D eigenvalue weighted by Crippen LogP contribution is 2.44. The second kappa shape index (κ2) is 17.0. The van der Waals surface area contributed by atoms with Gasteiger partial charge in [-0.05, 0) is 69.8 Å². The number of rotatable bonds is 10. The first-order valence-corrected chi connectivity index (χ1v) is 20.6. The molecule has 10 rings (SSSR count). The van der Waals surface area contributed by atoms with E-state index in [1.54, 1.807) is 0 Å². The van der Waals surface area contributed by atoms with Gasteiger partial charge < -0.3 is 4.74 Å². The van der Waals surface area contributed by atoms with E-state index in [-0.39, 0.29) is 0 Å². The van der Waals surface area contributed by atoms with Gasteiger partial charge in [-0.3, -0.25) is 0 Å². The van der Waals surface area contributed by atoms with Crippen LogP contribution in [0.4, 0.5) is 0 Å². The smallest absolute Gasteiger partial charge is 0.127 e. The zero-order valence-electron chi connectivity index (χ0n) is 33.4. The van der Waals surface area contributed by atoms with E-state index in [1.165, 1.54) is 0 Å². The Labute approximate surface area is 356 Å². The summed E-state index contributed by atoms with van der Waals surface area (Å²) in [4.78, 5) is 10.7. The molecule has 3 nitrogen and oxygen atoms in total. The fourth-order valence-corrected chi connectivity index (χ4v) is 8.00. The van der Waals surface area contributed by atoms with Crippen LogP contribution in [-0.4, -0.2) is 9.97 Å². The van der Waals surface area contributed by atoms with E-state index >= 15 is 0 Å². The van der Waals surface area contributed by atoms with E-state index in [0.29, 0.717) is 0 Å². The van der Waals surface area contributed by atoms with Crippen LogP contribution in [0, 0.1) is 0 Å². The van der Waals surface area contributed by atoms with Crippen LogP contribution in [0.25, 0.3) is 89.5 Å². The van der Waals surface area contributed by atoms with Gasteiger partial charge in [0.15, 0.2) is 0 Å². The minimum Gasteiger partial charge on any atom is -0.457 e. The van der Waals surface area contributed by atoms with E-state index in [9.17, 15) is 0 Å². The molecule has 3 heteroatoms. The summed E-state index contributed by atoms with van der Waals surface area (Å²) >= 11 is 0. The van der Waals surface area contributed by atoms with Crippen LogP contribution in [0.5, 0.6) is 11.5 Å². The van der Waals surface area contributed by atoms with Crippen LogP contribution in [-0.2, 0) is 0 Å². The van der Waals surface area contributed by atoms with Crippen molar-refractivity contribution in [3.8, 4) is 101 Å². The van der Waals surface area contributed by atoms with Crippen molar-refractivity contribution in [1.82, 2.24) is 9.97 Å². The number of aromatic nitrogens is 2. The topological polar surface area (TPSA) is 35.0 Å². The van der Waals surface area contributed by atoms with Gasteiger partial charge in [-0.2, -0.15) is 0 Å². The lowest BCUT2D eigenvalue weighted by Crippen LogP contribution is -1.97.